The van der Waals surface area contributed by atoms with E-state index in [1.807, 2.05) is 12.1 Å². The lowest BCUT2D eigenvalue weighted by Crippen LogP contribution is -2.04. The van der Waals surface area contributed by atoms with Crippen LogP contribution >= 0.6 is 11.3 Å². The van der Waals surface area contributed by atoms with E-state index in [-0.39, 0.29) is 11.6 Å². The molecule has 0 aliphatic rings. The fourth-order valence-corrected chi connectivity index (χ4v) is 3.88. The first-order valence-corrected chi connectivity index (χ1v) is 10.7. The van der Waals surface area contributed by atoms with Crippen LogP contribution in [0.4, 0.5) is 4.39 Å². The summed E-state index contributed by atoms with van der Waals surface area (Å²) < 4.78 is 19.7. The number of carbonyl (C=O) groups excluding carboxylic acids is 1. The van der Waals surface area contributed by atoms with E-state index in [4.69, 9.17) is 4.74 Å². The maximum atomic E-state index is 14.5. The van der Waals surface area contributed by atoms with Crippen LogP contribution in [0, 0.1) is 5.82 Å². The zero-order chi connectivity index (χ0) is 19.5. The van der Waals surface area contributed by atoms with Crippen LogP contribution in [-0.2, 0) is 11.2 Å². The van der Waals surface area contributed by atoms with E-state index in [1.54, 1.807) is 23.5 Å². The quantitative estimate of drug-likeness (QED) is 0.174. The third kappa shape index (κ3) is 7.30. The van der Waals surface area contributed by atoms with Crippen LogP contribution in [0.15, 0.2) is 42.5 Å². The number of hydrogen-bond donors (Lipinski definition) is 0. The molecule has 4 heteroatoms. The van der Waals surface area contributed by atoms with Gasteiger partial charge in [-0.15, -0.1) is 11.3 Å². The highest BCUT2D eigenvalue weighted by atomic mass is 32.1. The highest BCUT2D eigenvalue weighted by Gasteiger charge is 2.11. The number of halogens is 1. The van der Waals surface area contributed by atoms with Crippen molar-refractivity contribution in [3.8, 4) is 16.2 Å². The molecule has 0 amide bonds. The minimum atomic E-state index is -0.465. The highest BCUT2D eigenvalue weighted by Crippen LogP contribution is 2.32. The van der Waals surface area contributed by atoms with Crippen molar-refractivity contribution < 1.29 is 13.9 Å². The highest BCUT2D eigenvalue weighted by molar-refractivity contribution is 7.15. The lowest BCUT2D eigenvalue weighted by atomic mass is 10.1. The van der Waals surface area contributed by atoms with Gasteiger partial charge in [-0.2, -0.15) is 0 Å². The average Bonchev–Trinajstić information content (AvgIpc) is 3.10. The van der Waals surface area contributed by atoms with Gasteiger partial charge in [0, 0.05) is 27.5 Å². The van der Waals surface area contributed by atoms with Crippen molar-refractivity contribution in [3.05, 3.63) is 53.2 Å². The van der Waals surface area contributed by atoms with Crippen LogP contribution < -0.4 is 4.74 Å². The summed E-state index contributed by atoms with van der Waals surface area (Å²) in [6.45, 7) is 4.32. The molecular weight excluding hydrogens is 359 g/mol. The van der Waals surface area contributed by atoms with Crippen molar-refractivity contribution >= 4 is 17.3 Å². The van der Waals surface area contributed by atoms with Crippen molar-refractivity contribution in [1.82, 2.24) is 0 Å². The van der Waals surface area contributed by atoms with Gasteiger partial charge in [0.15, 0.2) is 0 Å². The topological polar surface area (TPSA) is 26.3 Å². The predicted molar refractivity (Wildman–Crippen MR) is 112 cm³/mol. The molecule has 1 heterocycles. The molecule has 0 saturated carbocycles. The fourth-order valence-electron chi connectivity index (χ4n) is 2.81. The number of thiophene rings is 1. The second-order valence-corrected chi connectivity index (χ2v) is 7.85. The molecule has 0 saturated heterocycles. The molecule has 2 aromatic rings. The summed E-state index contributed by atoms with van der Waals surface area (Å²) in [7, 11) is 0. The molecule has 1 aromatic heterocycles. The number of benzene rings is 1. The molecular formula is C23H29FO2S. The predicted octanol–water partition coefficient (Wildman–Crippen LogP) is 7.33. The van der Waals surface area contributed by atoms with Crippen molar-refractivity contribution in [2.45, 2.75) is 65.2 Å². The minimum absolute atomic E-state index is 0.235. The molecule has 2 nitrogen and oxygen atoms in total. The second kappa shape index (κ2) is 11.7. The Morgan fingerprint density at radius 1 is 1.07 bits per heavy atom. The van der Waals surface area contributed by atoms with E-state index >= 15 is 0 Å². The Morgan fingerprint density at radius 3 is 2.59 bits per heavy atom. The summed E-state index contributed by atoms with van der Waals surface area (Å²) >= 11 is 1.63. The summed E-state index contributed by atoms with van der Waals surface area (Å²) in [5.74, 6) is -0.596. The van der Waals surface area contributed by atoms with Crippen LogP contribution in [0.5, 0.6) is 5.75 Å². The first-order chi connectivity index (χ1) is 13.1. The minimum Gasteiger partial charge on any atom is -0.423 e. The molecule has 0 fully saturated rings. The van der Waals surface area contributed by atoms with Crippen molar-refractivity contribution in [2.24, 2.45) is 0 Å². The summed E-state index contributed by atoms with van der Waals surface area (Å²) in [6.07, 6.45) is 12.1. The number of esters is 1. The summed E-state index contributed by atoms with van der Waals surface area (Å²) in [4.78, 5) is 14.0. The third-order valence-corrected chi connectivity index (χ3v) is 5.52. The average molecular weight is 389 g/mol. The van der Waals surface area contributed by atoms with Crippen molar-refractivity contribution in [1.29, 1.82) is 0 Å². The van der Waals surface area contributed by atoms with Gasteiger partial charge in [-0.05, 0) is 49.9 Å². The summed E-state index contributed by atoms with van der Waals surface area (Å²) in [5, 5.41) is 0. The Hall–Kier alpha value is -1.94. The molecule has 0 aliphatic carbocycles. The van der Waals surface area contributed by atoms with E-state index < -0.39 is 5.97 Å². The Balaban J connectivity index is 1.94. The Kier molecular flexibility index (Phi) is 9.26. The first kappa shape index (κ1) is 21.4. The van der Waals surface area contributed by atoms with E-state index in [9.17, 15) is 9.18 Å². The van der Waals surface area contributed by atoms with Crippen molar-refractivity contribution in [2.75, 3.05) is 0 Å². The fraction of sp³-hybridized carbons (Fsp3) is 0.435. The van der Waals surface area contributed by atoms with Gasteiger partial charge in [0.05, 0.1) is 0 Å². The van der Waals surface area contributed by atoms with E-state index in [2.05, 4.69) is 19.9 Å². The number of ether oxygens (including phenoxy) is 1. The van der Waals surface area contributed by atoms with Crippen LogP contribution in [0.2, 0.25) is 0 Å². The number of rotatable bonds is 11. The largest absolute Gasteiger partial charge is 0.423 e. The van der Waals surface area contributed by atoms with Crippen molar-refractivity contribution in [3.63, 3.8) is 0 Å². The Morgan fingerprint density at radius 2 is 1.85 bits per heavy atom. The van der Waals surface area contributed by atoms with Gasteiger partial charge in [-0.1, -0.05) is 45.6 Å². The van der Waals surface area contributed by atoms with Gasteiger partial charge in [-0.25, -0.2) is 9.18 Å². The molecule has 0 aliphatic heterocycles. The summed E-state index contributed by atoms with van der Waals surface area (Å²) in [6, 6.07) is 8.67. The lowest BCUT2D eigenvalue weighted by molar-refractivity contribution is -0.129. The first-order valence-electron chi connectivity index (χ1n) is 9.91. The molecule has 0 bridgehead atoms. The lowest BCUT2D eigenvalue weighted by Gasteiger charge is -2.05. The normalized spacial score (nSPS) is 11.2. The molecule has 0 N–H and O–H groups in total. The molecule has 0 spiro atoms. The maximum Gasteiger partial charge on any atom is 0.335 e. The van der Waals surface area contributed by atoms with Crippen LogP contribution in [0.25, 0.3) is 10.4 Å². The molecule has 0 radical (unpaired) electrons. The van der Waals surface area contributed by atoms with E-state index in [1.165, 1.54) is 36.3 Å². The second-order valence-electron chi connectivity index (χ2n) is 6.68. The zero-order valence-corrected chi connectivity index (χ0v) is 17.1. The molecule has 27 heavy (non-hydrogen) atoms. The monoisotopic (exact) mass is 388 g/mol. The van der Waals surface area contributed by atoms with E-state index in [0.717, 1.165) is 37.0 Å². The van der Waals surface area contributed by atoms with Gasteiger partial charge in [0.1, 0.15) is 11.6 Å². The third-order valence-electron chi connectivity index (χ3n) is 4.34. The molecule has 0 atom stereocenters. The van der Waals surface area contributed by atoms with Crippen LogP contribution in [0.1, 0.15) is 63.7 Å². The zero-order valence-electron chi connectivity index (χ0n) is 16.3. The number of allylic oxidation sites excluding steroid dienone is 1. The smallest absolute Gasteiger partial charge is 0.335 e. The van der Waals surface area contributed by atoms with Crippen LogP contribution in [0.3, 0.4) is 0 Å². The van der Waals surface area contributed by atoms with Crippen LogP contribution in [-0.4, -0.2) is 5.97 Å². The Bertz CT molecular complexity index is 749. The maximum absolute atomic E-state index is 14.5. The van der Waals surface area contributed by atoms with Gasteiger partial charge < -0.3 is 4.74 Å². The molecule has 2 rings (SSSR count). The number of aryl methyl sites for hydroxylation is 1. The number of hydrogen-bond acceptors (Lipinski definition) is 3. The van der Waals surface area contributed by atoms with Gasteiger partial charge >= 0.3 is 5.97 Å². The molecule has 1 aromatic carbocycles. The van der Waals surface area contributed by atoms with Gasteiger partial charge in [0.2, 0.25) is 0 Å². The SMILES string of the molecule is CCCCC/C=C/C(=O)Oc1ccc(-c2ccc(CCCCC)s2)c(F)c1. The van der Waals surface area contributed by atoms with Gasteiger partial charge in [-0.3, -0.25) is 0 Å². The molecule has 146 valence electrons. The molecule has 0 unspecified atom stereocenters. The Labute approximate surface area is 166 Å². The standard InChI is InChI=1S/C23H29FO2S/c1-3-5-7-8-10-12-23(25)26-18-13-15-20(21(24)17-18)22-16-14-19(27-22)11-9-6-4-2/h10,12-17H,3-9,11H2,1-2H3/b12-10+. The number of unbranched alkanes of at least 4 members (excludes halogenated alkanes) is 5. The number of carbonyl (C=O) groups is 1. The summed E-state index contributed by atoms with van der Waals surface area (Å²) in [5.41, 5.74) is 0.552. The van der Waals surface area contributed by atoms with E-state index in [0.29, 0.717) is 5.56 Å². The van der Waals surface area contributed by atoms with Gasteiger partial charge in [0.25, 0.3) is 0 Å².